The Bertz CT molecular complexity index is 364. The molecule has 0 aliphatic carbocycles. The summed E-state index contributed by atoms with van der Waals surface area (Å²) in [6.07, 6.45) is 4.36. The number of carbonyl (C=O) groups is 1. The van der Waals surface area contributed by atoms with Crippen LogP contribution in [0.2, 0.25) is 0 Å². The Labute approximate surface area is 118 Å². The van der Waals surface area contributed by atoms with E-state index in [1.54, 1.807) is 0 Å². The Hall–Kier alpha value is -0.570. The Balaban J connectivity index is 2.35. The first-order chi connectivity index (χ1) is 8.59. The number of likely N-dealkylation sites (tertiary alicyclic amines) is 2. The molecule has 2 rings (SSSR count). The molecule has 0 aromatic rings. The molecule has 1 unspecified atom stereocenters. The van der Waals surface area contributed by atoms with Gasteiger partial charge in [-0.25, -0.2) is 0 Å². The molecule has 2 aliphatic heterocycles. The summed E-state index contributed by atoms with van der Waals surface area (Å²) in [6, 6.07) is 0. The largest absolute Gasteiger partial charge is 0.336 e. The molecule has 2 saturated heterocycles. The zero-order valence-corrected chi connectivity index (χ0v) is 13.5. The molecule has 2 heterocycles. The van der Waals surface area contributed by atoms with E-state index in [1.165, 1.54) is 0 Å². The second-order valence-electron chi connectivity index (χ2n) is 8.19. The molecular weight excluding hydrogens is 236 g/mol. The number of amides is 1. The Kier molecular flexibility index (Phi) is 3.49. The summed E-state index contributed by atoms with van der Waals surface area (Å²) in [6.45, 7) is 15.2. The lowest BCUT2D eigenvalue weighted by atomic mass is 9.81. The van der Waals surface area contributed by atoms with Crippen LogP contribution >= 0.6 is 0 Å². The lowest BCUT2D eigenvalue weighted by Gasteiger charge is -2.52. The molecule has 0 aromatic carbocycles. The Morgan fingerprint density at radius 3 is 1.89 bits per heavy atom. The van der Waals surface area contributed by atoms with Gasteiger partial charge in [0, 0.05) is 17.6 Å². The fourth-order valence-electron chi connectivity index (χ4n) is 3.97. The molecule has 0 radical (unpaired) electrons. The minimum absolute atomic E-state index is 0.0589. The van der Waals surface area contributed by atoms with Crippen molar-refractivity contribution in [3.8, 4) is 0 Å². The van der Waals surface area contributed by atoms with Crippen molar-refractivity contribution in [1.29, 1.82) is 0 Å². The van der Waals surface area contributed by atoms with Crippen LogP contribution in [0.4, 0.5) is 0 Å². The first-order valence-corrected chi connectivity index (χ1v) is 7.69. The maximum absolute atomic E-state index is 13.1. The third-order valence-electron chi connectivity index (χ3n) is 4.72. The van der Waals surface area contributed by atoms with E-state index >= 15 is 0 Å². The van der Waals surface area contributed by atoms with Crippen molar-refractivity contribution < 1.29 is 4.79 Å². The van der Waals surface area contributed by atoms with Gasteiger partial charge in [0.1, 0.15) is 5.54 Å². The molecule has 19 heavy (non-hydrogen) atoms. The summed E-state index contributed by atoms with van der Waals surface area (Å²) in [5, 5.41) is 0. The highest BCUT2D eigenvalue weighted by atomic mass is 16.2. The number of piperidine rings is 1. The topological polar surface area (TPSA) is 23.6 Å². The summed E-state index contributed by atoms with van der Waals surface area (Å²) in [4.78, 5) is 17.7. The summed E-state index contributed by atoms with van der Waals surface area (Å²) < 4.78 is 0. The third-order valence-corrected chi connectivity index (χ3v) is 4.72. The molecule has 2 fully saturated rings. The second-order valence-corrected chi connectivity index (χ2v) is 8.19. The van der Waals surface area contributed by atoms with Gasteiger partial charge in [-0.2, -0.15) is 0 Å². The highest BCUT2D eigenvalue weighted by Crippen LogP contribution is 2.43. The average molecular weight is 266 g/mol. The molecule has 1 amide bonds. The molecule has 2 aliphatic rings. The van der Waals surface area contributed by atoms with Crippen LogP contribution in [0.1, 0.15) is 67.2 Å². The van der Waals surface area contributed by atoms with Gasteiger partial charge >= 0.3 is 0 Å². The van der Waals surface area contributed by atoms with Crippen molar-refractivity contribution in [3.05, 3.63) is 0 Å². The lowest BCUT2D eigenvalue weighted by Crippen LogP contribution is -2.66. The molecule has 1 spiro atoms. The molecule has 110 valence electrons. The highest BCUT2D eigenvalue weighted by Gasteiger charge is 2.55. The van der Waals surface area contributed by atoms with Gasteiger partial charge < -0.3 is 4.90 Å². The van der Waals surface area contributed by atoms with E-state index in [0.717, 1.165) is 38.8 Å². The monoisotopic (exact) mass is 266 g/mol. The second kappa shape index (κ2) is 4.47. The molecule has 0 N–H and O–H groups in total. The van der Waals surface area contributed by atoms with Gasteiger partial charge in [0.15, 0.2) is 0 Å². The molecule has 0 bridgehead atoms. The summed E-state index contributed by atoms with van der Waals surface area (Å²) in [7, 11) is 0. The minimum Gasteiger partial charge on any atom is -0.336 e. The van der Waals surface area contributed by atoms with Crippen LogP contribution in [0.3, 0.4) is 0 Å². The SMILES string of the molecule is CC(C)(C)N1CCCC2(CCCN2C(C)(C)C)C1=O. The van der Waals surface area contributed by atoms with E-state index < -0.39 is 0 Å². The first kappa shape index (κ1) is 14.8. The lowest BCUT2D eigenvalue weighted by molar-refractivity contribution is -0.156. The van der Waals surface area contributed by atoms with Crippen molar-refractivity contribution in [2.45, 2.75) is 83.8 Å². The maximum atomic E-state index is 13.1. The third kappa shape index (κ3) is 2.42. The van der Waals surface area contributed by atoms with Crippen molar-refractivity contribution in [3.63, 3.8) is 0 Å². The van der Waals surface area contributed by atoms with E-state index in [1.807, 2.05) is 0 Å². The van der Waals surface area contributed by atoms with Gasteiger partial charge in [0.25, 0.3) is 0 Å². The van der Waals surface area contributed by atoms with Crippen LogP contribution in [-0.4, -0.2) is 45.4 Å². The Morgan fingerprint density at radius 2 is 1.42 bits per heavy atom. The van der Waals surface area contributed by atoms with Crippen LogP contribution in [0.15, 0.2) is 0 Å². The first-order valence-electron chi connectivity index (χ1n) is 7.69. The fourth-order valence-corrected chi connectivity index (χ4v) is 3.97. The van der Waals surface area contributed by atoms with Crippen LogP contribution in [0, 0.1) is 0 Å². The number of nitrogens with zero attached hydrogens (tertiary/aromatic N) is 2. The van der Waals surface area contributed by atoms with Crippen molar-refractivity contribution in [1.82, 2.24) is 9.80 Å². The predicted molar refractivity (Wildman–Crippen MR) is 79.1 cm³/mol. The van der Waals surface area contributed by atoms with Gasteiger partial charge in [-0.05, 0) is 73.8 Å². The number of rotatable bonds is 0. The van der Waals surface area contributed by atoms with Crippen LogP contribution < -0.4 is 0 Å². The summed E-state index contributed by atoms with van der Waals surface area (Å²) >= 11 is 0. The van der Waals surface area contributed by atoms with Crippen molar-refractivity contribution in [2.24, 2.45) is 0 Å². The Morgan fingerprint density at radius 1 is 0.895 bits per heavy atom. The minimum atomic E-state index is -0.218. The predicted octanol–water partition coefficient (Wildman–Crippen LogP) is 3.04. The maximum Gasteiger partial charge on any atom is 0.243 e. The van der Waals surface area contributed by atoms with E-state index in [4.69, 9.17) is 0 Å². The zero-order chi connectivity index (χ0) is 14.5. The molecule has 0 aromatic heterocycles. The van der Waals surface area contributed by atoms with Crippen LogP contribution in [0.5, 0.6) is 0 Å². The van der Waals surface area contributed by atoms with Gasteiger partial charge in [-0.1, -0.05) is 0 Å². The van der Waals surface area contributed by atoms with Crippen LogP contribution in [0.25, 0.3) is 0 Å². The highest BCUT2D eigenvalue weighted by molar-refractivity contribution is 5.88. The van der Waals surface area contributed by atoms with Crippen molar-refractivity contribution >= 4 is 5.91 Å². The smallest absolute Gasteiger partial charge is 0.243 e. The standard InChI is InChI=1S/C16H30N2O/c1-14(2,3)17-11-7-9-16(13(17)19)10-8-12-18(16)15(4,5)6/h7-12H2,1-6H3. The van der Waals surface area contributed by atoms with Gasteiger partial charge in [0.05, 0.1) is 0 Å². The summed E-state index contributed by atoms with van der Waals surface area (Å²) in [5.41, 5.74) is -0.201. The fraction of sp³-hybridized carbons (Fsp3) is 0.938. The van der Waals surface area contributed by atoms with E-state index in [-0.39, 0.29) is 16.6 Å². The van der Waals surface area contributed by atoms with E-state index in [2.05, 4.69) is 51.3 Å². The van der Waals surface area contributed by atoms with Crippen molar-refractivity contribution in [2.75, 3.05) is 13.1 Å². The quantitative estimate of drug-likeness (QED) is 0.673. The van der Waals surface area contributed by atoms with Gasteiger partial charge in [-0.15, -0.1) is 0 Å². The molecular formula is C16H30N2O. The normalized spacial score (nSPS) is 30.4. The van der Waals surface area contributed by atoms with Crippen LogP contribution in [-0.2, 0) is 4.79 Å². The molecule has 0 saturated carbocycles. The average Bonchev–Trinajstić information content (AvgIpc) is 2.65. The number of hydrogen-bond acceptors (Lipinski definition) is 2. The molecule has 1 atom stereocenters. The number of carbonyl (C=O) groups excluding carboxylic acids is 1. The zero-order valence-electron chi connectivity index (χ0n) is 13.5. The van der Waals surface area contributed by atoms with E-state index in [0.29, 0.717) is 5.91 Å². The summed E-state index contributed by atoms with van der Waals surface area (Å²) in [5.74, 6) is 0.374. The van der Waals surface area contributed by atoms with Gasteiger partial charge in [0.2, 0.25) is 5.91 Å². The van der Waals surface area contributed by atoms with Gasteiger partial charge in [-0.3, -0.25) is 9.69 Å². The number of hydrogen-bond donors (Lipinski definition) is 0. The molecule has 3 nitrogen and oxygen atoms in total. The molecule has 3 heteroatoms. The van der Waals surface area contributed by atoms with E-state index in [9.17, 15) is 4.79 Å².